The number of rotatable bonds is 5. The predicted octanol–water partition coefficient (Wildman–Crippen LogP) is 4.46. The molecule has 5 nitrogen and oxygen atoms in total. The number of benzene rings is 2. The van der Waals surface area contributed by atoms with Crippen molar-refractivity contribution >= 4 is 22.4 Å². The van der Waals surface area contributed by atoms with Gasteiger partial charge in [0.1, 0.15) is 11.5 Å². The minimum atomic E-state index is 0.781. The van der Waals surface area contributed by atoms with E-state index in [1.54, 1.807) is 0 Å². The highest BCUT2D eigenvalue weighted by molar-refractivity contribution is 5.93. The first-order valence-corrected chi connectivity index (χ1v) is 8.73. The number of aryl methyl sites for hydroxylation is 1. The zero-order valence-electron chi connectivity index (χ0n) is 14.5. The molecule has 1 N–H and O–H groups in total. The van der Waals surface area contributed by atoms with E-state index in [2.05, 4.69) is 59.8 Å². The van der Waals surface area contributed by atoms with Crippen molar-refractivity contribution in [1.82, 2.24) is 19.8 Å². The van der Waals surface area contributed by atoms with Crippen molar-refractivity contribution in [2.75, 3.05) is 11.9 Å². The van der Waals surface area contributed by atoms with Crippen LogP contribution in [0.2, 0.25) is 0 Å². The Labute approximate surface area is 146 Å². The van der Waals surface area contributed by atoms with Crippen molar-refractivity contribution in [2.24, 2.45) is 0 Å². The second-order valence-corrected chi connectivity index (χ2v) is 6.30. The van der Waals surface area contributed by atoms with Gasteiger partial charge in [0.15, 0.2) is 5.65 Å². The Morgan fingerprint density at radius 2 is 1.96 bits per heavy atom. The standard InChI is InChI=1S/C20H21N5/c1-3-4-12-21-19-16-10-5-6-11-17(16)25-20(22-19)18(23-24-25)15-9-7-8-14(2)13-15/h5-11,13H,3-4,12H2,1-2H3,(H,21,22). The van der Waals surface area contributed by atoms with Crippen LogP contribution in [0.3, 0.4) is 0 Å². The van der Waals surface area contributed by atoms with Gasteiger partial charge in [0.2, 0.25) is 0 Å². The van der Waals surface area contributed by atoms with Crippen molar-refractivity contribution in [3.63, 3.8) is 0 Å². The van der Waals surface area contributed by atoms with Gasteiger partial charge in [0.25, 0.3) is 0 Å². The summed E-state index contributed by atoms with van der Waals surface area (Å²) in [7, 11) is 0. The fourth-order valence-corrected chi connectivity index (χ4v) is 3.06. The zero-order valence-corrected chi connectivity index (χ0v) is 14.5. The second-order valence-electron chi connectivity index (χ2n) is 6.30. The minimum absolute atomic E-state index is 0.781. The van der Waals surface area contributed by atoms with Crippen molar-refractivity contribution in [3.05, 3.63) is 54.1 Å². The second kappa shape index (κ2) is 6.51. The smallest absolute Gasteiger partial charge is 0.186 e. The molecule has 0 radical (unpaired) electrons. The molecule has 4 aromatic rings. The van der Waals surface area contributed by atoms with E-state index in [0.29, 0.717) is 0 Å². The van der Waals surface area contributed by atoms with E-state index >= 15 is 0 Å². The van der Waals surface area contributed by atoms with Gasteiger partial charge < -0.3 is 5.32 Å². The van der Waals surface area contributed by atoms with E-state index in [1.807, 2.05) is 22.7 Å². The largest absolute Gasteiger partial charge is 0.369 e. The molecule has 126 valence electrons. The molecule has 0 saturated heterocycles. The first-order valence-electron chi connectivity index (χ1n) is 8.73. The third-order valence-corrected chi connectivity index (χ3v) is 4.37. The van der Waals surface area contributed by atoms with Crippen molar-refractivity contribution < 1.29 is 0 Å². The number of fused-ring (bicyclic) bond motifs is 3. The molecule has 0 aliphatic rings. The monoisotopic (exact) mass is 331 g/mol. The average molecular weight is 331 g/mol. The number of aromatic nitrogens is 4. The Hall–Kier alpha value is -2.95. The fourth-order valence-electron chi connectivity index (χ4n) is 3.06. The lowest BCUT2D eigenvalue weighted by atomic mass is 10.1. The first-order chi connectivity index (χ1) is 12.3. The predicted molar refractivity (Wildman–Crippen MR) is 102 cm³/mol. The van der Waals surface area contributed by atoms with Gasteiger partial charge in [0.05, 0.1) is 5.52 Å². The lowest BCUT2D eigenvalue weighted by Crippen LogP contribution is -2.06. The first kappa shape index (κ1) is 15.6. The van der Waals surface area contributed by atoms with Crippen molar-refractivity contribution in [2.45, 2.75) is 26.7 Å². The summed E-state index contributed by atoms with van der Waals surface area (Å²) in [4.78, 5) is 4.87. The maximum absolute atomic E-state index is 4.87. The number of hydrogen-bond donors (Lipinski definition) is 1. The lowest BCUT2D eigenvalue weighted by Gasteiger charge is -2.10. The van der Waals surface area contributed by atoms with Crippen LogP contribution in [0.25, 0.3) is 27.8 Å². The van der Waals surface area contributed by atoms with Gasteiger partial charge in [-0.2, -0.15) is 4.52 Å². The maximum Gasteiger partial charge on any atom is 0.186 e. The normalized spacial score (nSPS) is 11.3. The highest BCUT2D eigenvalue weighted by Crippen LogP contribution is 2.28. The van der Waals surface area contributed by atoms with Crippen LogP contribution in [0.4, 0.5) is 5.82 Å². The van der Waals surface area contributed by atoms with Gasteiger partial charge in [-0.25, -0.2) is 4.98 Å². The minimum Gasteiger partial charge on any atom is -0.369 e. The summed E-state index contributed by atoms with van der Waals surface area (Å²) in [5, 5.41) is 13.3. The Morgan fingerprint density at radius 1 is 1.08 bits per heavy atom. The molecule has 2 aromatic carbocycles. The summed E-state index contributed by atoms with van der Waals surface area (Å²) in [5.74, 6) is 0.896. The van der Waals surface area contributed by atoms with Gasteiger partial charge in [-0.3, -0.25) is 0 Å². The van der Waals surface area contributed by atoms with Gasteiger partial charge in [-0.15, -0.1) is 5.10 Å². The van der Waals surface area contributed by atoms with E-state index in [-0.39, 0.29) is 0 Å². The van der Waals surface area contributed by atoms with Crippen LogP contribution in [-0.2, 0) is 0 Å². The quantitative estimate of drug-likeness (QED) is 0.548. The molecule has 0 atom stereocenters. The number of para-hydroxylation sites is 1. The molecule has 0 aliphatic heterocycles. The molecule has 25 heavy (non-hydrogen) atoms. The summed E-state index contributed by atoms with van der Waals surface area (Å²) in [5.41, 5.74) is 4.84. The molecule has 0 amide bonds. The molecule has 4 rings (SSSR count). The van der Waals surface area contributed by atoms with Gasteiger partial charge >= 0.3 is 0 Å². The third-order valence-electron chi connectivity index (χ3n) is 4.37. The topological polar surface area (TPSA) is 55.1 Å². The van der Waals surface area contributed by atoms with Crippen LogP contribution >= 0.6 is 0 Å². The van der Waals surface area contributed by atoms with Crippen LogP contribution in [0.5, 0.6) is 0 Å². The summed E-state index contributed by atoms with van der Waals surface area (Å²) in [6, 6.07) is 16.5. The number of nitrogens with zero attached hydrogens (tertiary/aromatic N) is 4. The SMILES string of the molecule is CCCCNc1nc2c(-c3cccc(C)c3)nnn2c2ccccc12. The van der Waals surface area contributed by atoms with Crippen LogP contribution in [0.1, 0.15) is 25.3 Å². The Morgan fingerprint density at radius 3 is 2.80 bits per heavy atom. The van der Waals surface area contributed by atoms with E-state index in [0.717, 1.165) is 53.0 Å². The molecule has 0 spiro atoms. The van der Waals surface area contributed by atoms with E-state index in [1.165, 1.54) is 5.56 Å². The molecule has 0 saturated carbocycles. The summed E-state index contributed by atoms with van der Waals surface area (Å²) in [6.45, 7) is 5.17. The zero-order chi connectivity index (χ0) is 17.2. The van der Waals surface area contributed by atoms with E-state index < -0.39 is 0 Å². The molecule has 0 aliphatic carbocycles. The molecule has 2 aromatic heterocycles. The number of unbranched alkanes of at least 4 members (excludes halogenated alkanes) is 1. The Kier molecular flexibility index (Phi) is 4.06. The molecular formula is C20H21N5. The molecule has 0 bridgehead atoms. The lowest BCUT2D eigenvalue weighted by molar-refractivity contribution is 0.830. The van der Waals surface area contributed by atoms with E-state index in [9.17, 15) is 0 Å². The third kappa shape index (κ3) is 2.82. The fraction of sp³-hybridized carbons (Fsp3) is 0.250. The Balaban J connectivity index is 1.93. The van der Waals surface area contributed by atoms with Crippen molar-refractivity contribution in [1.29, 1.82) is 0 Å². The van der Waals surface area contributed by atoms with E-state index in [4.69, 9.17) is 4.98 Å². The highest BCUT2D eigenvalue weighted by atomic mass is 15.4. The highest BCUT2D eigenvalue weighted by Gasteiger charge is 2.15. The average Bonchev–Trinajstić information content (AvgIpc) is 3.06. The maximum atomic E-state index is 4.87. The van der Waals surface area contributed by atoms with Crippen LogP contribution in [0.15, 0.2) is 48.5 Å². The summed E-state index contributed by atoms with van der Waals surface area (Å²) < 4.78 is 1.83. The Bertz CT molecular complexity index is 1030. The number of nitrogens with one attached hydrogen (secondary N) is 1. The number of hydrogen-bond acceptors (Lipinski definition) is 4. The van der Waals surface area contributed by atoms with Crippen molar-refractivity contribution in [3.8, 4) is 11.3 Å². The summed E-state index contributed by atoms with van der Waals surface area (Å²) >= 11 is 0. The van der Waals surface area contributed by atoms with Crippen LogP contribution in [0, 0.1) is 6.92 Å². The molecule has 0 fully saturated rings. The molecule has 0 unspecified atom stereocenters. The summed E-state index contributed by atoms with van der Waals surface area (Å²) in [6.07, 6.45) is 2.26. The van der Waals surface area contributed by atoms with Gasteiger partial charge in [0, 0.05) is 17.5 Å². The van der Waals surface area contributed by atoms with Gasteiger partial charge in [-0.1, -0.05) is 54.5 Å². The molecule has 2 heterocycles. The van der Waals surface area contributed by atoms with Crippen LogP contribution in [-0.4, -0.2) is 26.4 Å². The van der Waals surface area contributed by atoms with Gasteiger partial charge in [-0.05, 0) is 31.5 Å². The number of anilines is 1. The van der Waals surface area contributed by atoms with Crippen LogP contribution < -0.4 is 5.32 Å². The molecular weight excluding hydrogens is 310 g/mol. The molecule has 5 heteroatoms.